The molecule has 1 aromatic rings. The summed E-state index contributed by atoms with van der Waals surface area (Å²) >= 11 is 0. The Kier molecular flexibility index (Phi) is 6.06. The van der Waals surface area contributed by atoms with E-state index in [4.69, 9.17) is 0 Å². The van der Waals surface area contributed by atoms with Gasteiger partial charge in [0.25, 0.3) is 0 Å². The van der Waals surface area contributed by atoms with Crippen molar-refractivity contribution in [2.75, 3.05) is 32.1 Å². The molecule has 1 saturated heterocycles. The smallest absolute Gasteiger partial charge is 0.225 e. The number of carbonyl (C=O) groups excluding carboxylic acids is 2. The zero-order valence-corrected chi connectivity index (χ0v) is 15.8. The van der Waals surface area contributed by atoms with E-state index in [-0.39, 0.29) is 17.9 Å². The third-order valence-electron chi connectivity index (χ3n) is 5.18. The minimum atomic E-state index is -0.0257. The first-order valence-corrected chi connectivity index (χ1v) is 9.65. The normalized spacial score (nSPS) is 20.3. The second-order valence-electron chi connectivity index (χ2n) is 7.42. The lowest BCUT2D eigenvalue weighted by molar-refractivity contribution is -0.131. The van der Waals surface area contributed by atoms with Gasteiger partial charge in [0.15, 0.2) is 0 Å². The third-order valence-corrected chi connectivity index (χ3v) is 5.18. The molecule has 3 rings (SSSR count). The first kappa shape index (κ1) is 18.6. The number of nitrogens with zero attached hydrogens (tertiary/aromatic N) is 4. The Morgan fingerprint density at radius 3 is 2.92 bits per heavy atom. The van der Waals surface area contributed by atoms with E-state index in [1.165, 1.54) is 0 Å². The maximum Gasteiger partial charge on any atom is 0.225 e. The summed E-state index contributed by atoms with van der Waals surface area (Å²) in [6.45, 7) is 1.29. The van der Waals surface area contributed by atoms with E-state index in [0.717, 1.165) is 56.3 Å². The summed E-state index contributed by atoms with van der Waals surface area (Å²) in [5, 5.41) is 3.12. The maximum atomic E-state index is 12.4. The quantitative estimate of drug-likeness (QED) is 0.868. The van der Waals surface area contributed by atoms with Crippen LogP contribution in [0.25, 0.3) is 0 Å². The van der Waals surface area contributed by atoms with E-state index in [9.17, 15) is 9.59 Å². The van der Waals surface area contributed by atoms with E-state index >= 15 is 0 Å². The fourth-order valence-electron chi connectivity index (χ4n) is 3.68. The van der Waals surface area contributed by atoms with Gasteiger partial charge in [0, 0.05) is 51.8 Å². The Morgan fingerprint density at radius 1 is 1.27 bits per heavy atom. The number of hydrogen-bond donors (Lipinski definition) is 1. The number of fused-ring (bicyclic) bond motifs is 1. The summed E-state index contributed by atoms with van der Waals surface area (Å²) in [4.78, 5) is 37.2. The molecule has 1 N–H and O–H groups in total. The highest BCUT2D eigenvalue weighted by atomic mass is 16.2. The van der Waals surface area contributed by atoms with Crippen molar-refractivity contribution in [3.63, 3.8) is 0 Å². The van der Waals surface area contributed by atoms with Crippen LogP contribution < -0.4 is 10.2 Å². The van der Waals surface area contributed by atoms with Gasteiger partial charge in [0.2, 0.25) is 17.8 Å². The van der Waals surface area contributed by atoms with Gasteiger partial charge in [-0.15, -0.1) is 0 Å². The summed E-state index contributed by atoms with van der Waals surface area (Å²) in [5.41, 5.74) is 2.06. The van der Waals surface area contributed by atoms with E-state index in [1.54, 1.807) is 0 Å². The first-order chi connectivity index (χ1) is 12.5. The molecular weight excluding hydrogens is 330 g/mol. The van der Waals surface area contributed by atoms with E-state index in [2.05, 4.69) is 15.3 Å². The van der Waals surface area contributed by atoms with Gasteiger partial charge in [-0.2, -0.15) is 0 Å². The van der Waals surface area contributed by atoms with Gasteiger partial charge in [-0.25, -0.2) is 9.97 Å². The van der Waals surface area contributed by atoms with Crippen molar-refractivity contribution in [3.05, 3.63) is 17.5 Å². The minimum absolute atomic E-state index is 0.00316. The molecule has 1 fully saturated rings. The number of aromatic nitrogens is 2. The maximum absolute atomic E-state index is 12.4. The summed E-state index contributed by atoms with van der Waals surface area (Å²) in [7, 11) is 3.85. The van der Waals surface area contributed by atoms with Gasteiger partial charge >= 0.3 is 0 Å². The highest BCUT2D eigenvalue weighted by molar-refractivity contribution is 5.79. The van der Waals surface area contributed by atoms with Gasteiger partial charge in [-0.3, -0.25) is 9.59 Å². The monoisotopic (exact) mass is 359 g/mol. The Hall–Kier alpha value is -2.18. The van der Waals surface area contributed by atoms with Gasteiger partial charge in [-0.1, -0.05) is 6.42 Å². The predicted molar refractivity (Wildman–Crippen MR) is 99.8 cm³/mol. The minimum Gasteiger partial charge on any atom is -0.349 e. The molecule has 0 unspecified atom stereocenters. The lowest BCUT2D eigenvalue weighted by Gasteiger charge is -2.27. The molecule has 2 aliphatic rings. The van der Waals surface area contributed by atoms with Gasteiger partial charge in [0.1, 0.15) is 0 Å². The van der Waals surface area contributed by atoms with Crippen molar-refractivity contribution in [3.8, 4) is 0 Å². The average molecular weight is 359 g/mol. The number of aryl methyl sites for hydroxylation is 1. The lowest BCUT2D eigenvalue weighted by Crippen LogP contribution is -2.36. The van der Waals surface area contributed by atoms with E-state index in [0.29, 0.717) is 25.3 Å². The molecule has 1 aliphatic heterocycles. The molecule has 0 aromatic carbocycles. The Labute approximate surface area is 155 Å². The molecule has 26 heavy (non-hydrogen) atoms. The SMILES string of the molecule is CN(C)c1ncc2c(n1)CCC[C@@H]2NC(=O)CCN1CCCCCC1=O. The lowest BCUT2D eigenvalue weighted by atomic mass is 9.92. The second kappa shape index (κ2) is 8.47. The number of likely N-dealkylation sites (tertiary alicyclic amines) is 1. The molecular formula is C19H29N5O2. The number of anilines is 1. The van der Waals surface area contributed by atoms with E-state index < -0.39 is 0 Å². The van der Waals surface area contributed by atoms with Crippen LogP contribution in [0.2, 0.25) is 0 Å². The predicted octanol–water partition coefficient (Wildman–Crippen LogP) is 1.83. The van der Waals surface area contributed by atoms with Gasteiger partial charge in [-0.05, 0) is 32.1 Å². The molecule has 2 amide bonds. The Morgan fingerprint density at radius 2 is 2.12 bits per heavy atom. The molecule has 1 atom stereocenters. The van der Waals surface area contributed by atoms with Crippen LogP contribution in [-0.2, 0) is 16.0 Å². The number of carbonyl (C=O) groups is 2. The van der Waals surface area contributed by atoms with Crippen LogP contribution in [0.15, 0.2) is 6.20 Å². The summed E-state index contributed by atoms with van der Waals surface area (Å²) in [6.07, 6.45) is 8.76. The van der Waals surface area contributed by atoms with Crippen LogP contribution in [0.5, 0.6) is 0 Å². The number of nitrogens with one attached hydrogen (secondary N) is 1. The van der Waals surface area contributed by atoms with Crippen LogP contribution in [0, 0.1) is 0 Å². The molecule has 2 heterocycles. The molecule has 0 radical (unpaired) electrons. The standard InChI is InChI=1S/C19H29N5O2/c1-23(2)19-20-13-14-15(7-6-8-16(14)22-19)21-17(25)10-12-24-11-5-3-4-9-18(24)26/h13,15H,3-12H2,1-2H3,(H,21,25)/t15-/m0/s1. The van der Waals surface area contributed by atoms with Crippen molar-refractivity contribution in [1.82, 2.24) is 20.2 Å². The first-order valence-electron chi connectivity index (χ1n) is 9.65. The molecule has 142 valence electrons. The average Bonchev–Trinajstić information content (AvgIpc) is 2.84. The van der Waals surface area contributed by atoms with Crippen LogP contribution in [0.1, 0.15) is 62.2 Å². The summed E-state index contributed by atoms with van der Waals surface area (Å²) < 4.78 is 0. The molecule has 0 spiro atoms. The van der Waals surface area contributed by atoms with Crippen molar-refractivity contribution in [2.45, 2.75) is 57.4 Å². The molecule has 7 heteroatoms. The van der Waals surface area contributed by atoms with Crippen molar-refractivity contribution < 1.29 is 9.59 Å². The Balaban J connectivity index is 1.57. The van der Waals surface area contributed by atoms with Crippen LogP contribution in [0.4, 0.5) is 5.95 Å². The third kappa shape index (κ3) is 4.51. The molecule has 0 bridgehead atoms. The van der Waals surface area contributed by atoms with E-state index in [1.807, 2.05) is 30.1 Å². The van der Waals surface area contributed by atoms with Crippen LogP contribution in [0.3, 0.4) is 0 Å². The number of amides is 2. The molecule has 1 aromatic heterocycles. The fraction of sp³-hybridized carbons (Fsp3) is 0.684. The second-order valence-corrected chi connectivity index (χ2v) is 7.42. The summed E-state index contributed by atoms with van der Waals surface area (Å²) in [5.74, 6) is 0.884. The topological polar surface area (TPSA) is 78.4 Å². The van der Waals surface area contributed by atoms with Crippen LogP contribution >= 0.6 is 0 Å². The van der Waals surface area contributed by atoms with Gasteiger partial charge in [0.05, 0.1) is 11.7 Å². The fourth-order valence-corrected chi connectivity index (χ4v) is 3.68. The molecule has 0 saturated carbocycles. The zero-order chi connectivity index (χ0) is 18.5. The van der Waals surface area contributed by atoms with Crippen molar-refractivity contribution in [1.29, 1.82) is 0 Å². The van der Waals surface area contributed by atoms with Crippen LogP contribution in [-0.4, -0.2) is 53.9 Å². The number of rotatable bonds is 5. The Bertz CT molecular complexity index is 661. The number of hydrogen-bond acceptors (Lipinski definition) is 5. The van der Waals surface area contributed by atoms with Gasteiger partial charge < -0.3 is 15.1 Å². The zero-order valence-electron chi connectivity index (χ0n) is 15.8. The van der Waals surface area contributed by atoms with Crippen molar-refractivity contribution in [2.24, 2.45) is 0 Å². The summed E-state index contributed by atoms with van der Waals surface area (Å²) in [6, 6.07) is -0.0257. The largest absolute Gasteiger partial charge is 0.349 e. The highest BCUT2D eigenvalue weighted by Crippen LogP contribution is 2.29. The van der Waals surface area contributed by atoms with Crippen molar-refractivity contribution >= 4 is 17.8 Å². The molecule has 7 nitrogen and oxygen atoms in total. The molecule has 1 aliphatic carbocycles. The highest BCUT2D eigenvalue weighted by Gasteiger charge is 2.24.